The van der Waals surface area contributed by atoms with Crippen molar-refractivity contribution in [2.75, 3.05) is 0 Å². The van der Waals surface area contributed by atoms with Gasteiger partial charge >= 0.3 is 0 Å². The maximum Gasteiger partial charge on any atom is 0.150 e. The van der Waals surface area contributed by atoms with Gasteiger partial charge in [0, 0.05) is 11.1 Å². The molecule has 0 N–H and O–H groups in total. The highest BCUT2D eigenvalue weighted by Gasteiger charge is 2.06. The minimum Gasteiger partial charge on any atom is -0.298 e. The molecule has 4 aromatic carbocycles. The molecule has 0 saturated heterocycles. The number of rotatable bonds is 7. The Balaban J connectivity index is 1.74. The van der Waals surface area contributed by atoms with E-state index in [1.54, 1.807) is 0 Å². The Labute approximate surface area is 188 Å². The highest BCUT2D eigenvalue weighted by atomic mass is 16.1. The Hall–Kier alpha value is -4.30. The molecule has 0 saturated carbocycles. The van der Waals surface area contributed by atoms with Gasteiger partial charge in [-0.05, 0) is 33.4 Å². The largest absolute Gasteiger partial charge is 0.298 e. The smallest absolute Gasteiger partial charge is 0.150 e. The first-order valence-corrected chi connectivity index (χ1v) is 10.4. The SMILES string of the molecule is O=Cc1ccc(C=Cc2cccc(-c3ccccc3)c2C=Cc2ccc(C=O)cc2)cc1. The van der Waals surface area contributed by atoms with E-state index < -0.39 is 0 Å². The molecule has 0 unspecified atom stereocenters. The Bertz CT molecular complexity index is 1260. The summed E-state index contributed by atoms with van der Waals surface area (Å²) in [6.45, 7) is 0. The molecule has 0 aliphatic rings. The maximum atomic E-state index is 10.9. The molecular weight excluding hydrogens is 392 g/mol. The molecule has 32 heavy (non-hydrogen) atoms. The third kappa shape index (κ3) is 5.05. The third-order valence-electron chi connectivity index (χ3n) is 5.27. The summed E-state index contributed by atoms with van der Waals surface area (Å²) in [5, 5.41) is 0. The average Bonchev–Trinajstić information content (AvgIpc) is 2.87. The van der Waals surface area contributed by atoms with Crippen LogP contribution in [-0.2, 0) is 0 Å². The van der Waals surface area contributed by atoms with Crippen molar-refractivity contribution in [3.8, 4) is 11.1 Å². The zero-order valence-electron chi connectivity index (χ0n) is 17.5. The van der Waals surface area contributed by atoms with Gasteiger partial charge in [-0.15, -0.1) is 0 Å². The molecule has 2 nitrogen and oxygen atoms in total. The van der Waals surface area contributed by atoms with Gasteiger partial charge in [0.1, 0.15) is 12.6 Å². The van der Waals surface area contributed by atoms with Crippen LogP contribution in [0.5, 0.6) is 0 Å². The zero-order valence-corrected chi connectivity index (χ0v) is 17.5. The molecule has 0 heterocycles. The monoisotopic (exact) mass is 414 g/mol. The fourth-order valence-electron chi connectivity index (χ4n) is 3.52. The molecule has 4 aromatic rings. The van der Waals surface area contributed by atoms with E-state index in [0.29, 0.717) is 11.1 Å². The fraction of sp³-hybridized carbons (Fsp3) is 0. The Kier molecular flexibility index (Phi) is 6.64. The lowest BCUT2D eigenvalue weighted by atomic mass is 9.94. The van der Waals surface area contributed by atoms with Crippen LogP contribution in [0.1, 0.15) is 43.0 Å². The predicted octanol–water partition coefficient (Wildman–Crippen LogP) is 7.32. The van der Waals surface area contributed by atoms with Gasteiger partial charge in [-0.3, -0.25) is 9.59 Å². The summed E-state index contributed by atoms with van der Waals surface area (Å²) in [4.78, 5) is 21.8. The zero-order chi connectivity index (χ0) is 22.2. The molecule has 0 atom stereocenters. The van der Waals surface area contributed by atoms with Crippen LogP contribution in [0.3, 0.4) is 0 Å². The van der Waals surface area contributed by atoms with Gasteiger partial charge in [-0.25, -0.2) is 0 Å². The van der Waals surface area contributed by atoms with Crippen LogP contribution in [0, 0.1) is 0 Å². The first-order chi connectivity index (χ1) is 15.8. The van der Waals surface area contributed by atoms with Gasteiger partial charge in [-0.1, -0.05) is 121 Å². The van der Waals surface area contributed by atoms with Crippen molar-refractivity contribution >= 4 is 36.9 Å². The second-order valence-electron chi connectivity index (χ2n) is 7.41. The van der Waals surface area contributed by atoms with E-state index in [1.807, 2.05) is 66.7 Å². The second kappa shape index (κ2) is 10.1. The normalized spacial score (nSPS) is 11.1. The van der Waals surface area contributed by atoms with E-state index >= 15 is 0 Å². The lowest BCUT2D eigenvalue weighted by molar-refractivity contribution is 0.111. The molecule has 0 bridgehead atoms. The number of benzene rings is 4. The van der Waals surface area contributed by atoms with E-state index in [0.717, 1.165) is 46.0 Å². The first kappa shape index (κ1) is 21.0. The number of hydrogen-bond acceptors (Lipinski definition) is 2. The lowest BCUT2D eigenvalue weighted by Crippen LogP contribution is -1.88. The summed E-state index contributed by atoms with van der Waals surface area (Å²) in [5.74, 6) is 0. The van der Waals surface area contributed by atoms with E-state index in [2.05, 4.69) is 54.6 Å². The minimum absolute atomic E-state index is 0.663. The van der Waals surface area contributed by atoms with E-state index in [9.17, 15) is 9.59 Å². The maximum absolute atomic E-state index is 10.9. The number of carbonyl (C=O) groups excluding carboxylic acids is 2. The molecule has 0 aliphatic carbocycles. The van der Waals surface area contributed by atoms with Crippen LogP contribution in [0.15, 0.2) is 97.1 Å². The molecule has 0 aromatic heterocycles. The van der Waals surface area contributed by atoms with Crippen LogP contribution >= 0.6 is 0 Å². The van der Waals surface area contributed by atoms with Gasteiger partial charge < -0.3 is 0 Å². The molecule has 2 heteroatoms. The fourth-order valence-corrected chi connectivity index (χ4v) is 3.52. The molecule has 154 valence electrons. The highest BCUT2D eigenvalue weighted by molar-refractivity contribution is 5.88. The predicted molar refractivity (Wildman–Crippen MR) is 133 cm³/mol. The summed E-state index contributed by atoms with van der Waals surface area (Å²) >= 11 is 0. The second-order valence-corrected chi connectivity index (χ2v) is 7.41. The van der Waals surface area contributed by atoms with Crippen molar-refractivity contribution in [1.82, 2.24) is 0 Å². The van der Waals surface area contributed by atoms with E-state index in [4.69, 9.17) is 0 Å². The van der Waals surface area contributed by atoms with Crippen LogP contribution in [0.2, 0.25) is 0 Å². The van der Waals surface area contributed by atoms with Crippen molar-refractivity contribution in [1.29, 1.82) is 0 Å². The summed E-state index contributed by atoms with van der Waals surface area (Å²) in [5.41, 5.74) is 7.87. The van der Waals surface area contributed by atoms with Crippen molar-refractivity contribution in [2.45, 2.75) is 0 Å². The standard InChI is InChI=1S/C30H22O2/c31-21-25-13-9-23(10-14-25)17-19-28-7-4-8-29(27-5-2-1-3-6-27)30(28)20-18-24-11-15-26(22-32)16-12-24/h1-22H. The summed E-state index contributed by atoms with van der Waals surface area (Å²) < 4.78 is 0. The van der Waals surface area contributed by atoms with Crippen LogP contribution in [0.4, 0.5) is 0 Å². The summed E-state index contributed by atoms with van der Waals surface area (Å²) in [6, 6.07) is 31.6. The van der Waals surface area contributed by atoms with Gasteiger partial charge in [0.2, 0.25) is 0 Å². The Morgan fingerprint density at radius 2 is 0.969 bits per heavy atom. The van der Waals surface area contributed by atoms with E-state index in [-0.39, 0.29) is 0 Å². The van der Waals surface area contributed by atoms with Crippen molar-refractivity contribution < 1.29 is 9.59 Å². The molecule has 0 radical (unpaired) electrons. The van der Waals surface area contributed by atoms with E-state index in [1.165, 1.54) is 0 Å². The van der Waals surface area contributed by atoms with Gasteiger partial charge in [-0.2, -0.15) is 0 Å². The van der Waals surface area contributed by atoms with Crippen molar-refractivity contribution in [2.24, 2.45) is 0 Å². The quantitative estimate of drug-likeness (QED) is 0.234. The number of aldehydes is 2. The Morgan fingerprint density at radius 1 is 0.438 bits per heavy atom. The third-order valence-corrected chi connectivity index (χ3v) is 5.27. The highest BCUT2D eigenvalue weighted by Crippen LogP contribution is 2.29. The molecule has 0 amide bonds. The molecule has 4 rings (SSSR count). The number of hydrogen-bond donors (Lipinski definition) is 0. The number of carbonyl (C=O) groups is 2. The van der Waals surface area contributed by atoms with Gasteiger partial charge in [0.05, 0.1) is 0 Å². The minimum atomic E-state index is 0.663. The Morgan fingerprint density at radius 3 is 1.53 bits per heavy atom. The molecule has 0 fully saturated rings. The van der Waals surface area contributed by atoms with Crippen molar-refractivity contribution in [3.63, 3.8) is 0 Å². The van der Waals surface area contributed by atoms with Crippen LogP contribution < -0.4 is 0 Å². The van der Waals surface area contributed by atoms with Gasteiger partial charge in [0.25, 0.3) is 0 Å². The van der Waals surface area contributed by atoms with Gasteiger partial charge in [0.15, 0.2) is 0 Å². The van der Waals surface area contributed by atoms with Crippen LogP contribution in [0.25, 0.3) is 35.4 Å². The molecule has 0 aliphatic heterocycles. The summed E-state index contributed by atoms with van der Waals surface area (Å²) in [7, 11) is 0. The van der Waals surface area contributed by atoms with Crippen molar-refractivity contribution in [3.05, 3.63) is 130 Å². The molecule has 0 spiro atoms. The van der Waals surface area contributed by atoms with Crippen LogP contribution in [-0.4, -0.2) is 12.6 Å². The lowest BCUT2D eigenvalue weighted by Gasteiger charge is -2.10. The summed E-state index contributed by atoms with van der Waals surface area (Å²) in [6.07, 6.45) is 10.0. The topological polar surface area (TPSA) is 34.1 Å². The molecular formula is C30H22O2. The average molecular weight is 415 g/mol. The first-order valence-electron chi connectivity index (χ1n) is 10.4.